The van der Waals surface area contributed by atoms with Gasteiger partial charge in [-0.3, -0.25) is 9.89 Å². The summed E-state index contributed by atoms with van der Waals surface area (Å²) in [6.45, 7) is 3.82. The SMILES string of the molecule is CCC(Nc1nc(N)nc(N)c1C#N)c1nc2c(C)cccc2c(=O)n1-c1ccn[nH]1. The molecule has 0 spiro atoms. The smallest absolute Gasteiger partial charge is 0.267 e. The molecule has 0 aliphatic heterocycles. The highest BCUT2D eigenvalue weighted by atomic mass is 16.1. The standard InChI is InChI=1S/C20H20N10O/c1-3-13(25-17-12(9-21)16(22)27-20(23)28-17)18-26-15-10(2)5-4-6-11(15)19(31)30(18)14-7-8-24-29-14/h4-8,13H,3H2,1-2H3,(H,24,29)(H5,22,23,25,27,28). The minimum absolute atomic E-state index is 0.0272. The summed E-state index contributed by atoms with van der Waals surface area (Å²) >= 11 is 0. The lowest BCUT2D eigenvalue weighted by atomic mass is 10.1. The van der Waals surface area contributed by atoms with Gasteiger partial charge in [0.25, 0.3) is 5.56 Å². The number of nitrogens with two attached hydrogens (primary N) is 2. The third-order valence-corrected chi connectivity index (χ3v) is 4.95. The van der Waals surface area contributed by atoms with E-state index in [9.17, 15) is 10.1 Å². The quantitative estimate of drug-likeness (QED) is 0.377. The summed E-state index contributed by atoms with van der Waals surface area (Å²) in [6.07, 6.45) is 2.08. The van der Waals surface area contributed by atoms with Gasteiger partial charge in [0.2, 0.25) is 5.95 Å². The first-order valence-electron chi connectivity index (χ1n) is 9.56. The Hall–Kier alpha value is -4.46. The number of nitrogens with one attached hydrogen (secondary N) is 2. The number of para-hydroxylation sites is 1. The van der Waals surface area contributed by atoms with Crippen molar-refractivity contribution in [2.75, 3.05) is 16.8 Å². The van der Waals surface area contributed by atoms with E-state index in [2.05, 4.69) is 25.5 Å². The Bertz CT molecular complexity index is 1370. The van der Waals surface area contributed by atoms with Gasteiger partial charge < -0.3 is 16.8 Å². The van der Waals surface area contributed by atoms with Crippen LogP contribution in [0.1, 0.15) is 36.3 Å². The van der Waals surface area contributed by atoms with Crippen molar-refractivity contribution in [3.05, 3.63) is 57.8 Å². The van der Waals surface area contributed by atoms with Crippen molar-refractivity contribution in [2.45, 2.75) is 26.3 Å². The van der Waals surface area contributed by atoms with E-state index in [-0.39, 0.29) is 28.7 Å². The Morgan fingerprint density at radius 2 is 2.06 bits per heavy atom. The Balaban J connectivity index is 1.96. The number of fused-ring (bicyclic) bond motifs is 1. The molecule has 3 aromatic heterocycles. The van der Waals surface area contributed by atoms with Crippen molar-refractivity contribution < 1.29 is 0 Å². The summed E-state index contributed by atoms with van der Waals surface area (Å²) in [5, 5.41) is 19.9. The molecule has 31 heavy (non-hydrogen) atoms. The fourth-order valence-corrected chi connectivity index (χ4v) is 3.43. The normalized spacial score (nSPS) is 11.9. The molecule has 3 heterocycles. The fourth-order valence-electron chi connectivity index (χ4n) is 3.43. The molecule has 1 aromatic carbocycles. The van der Waals surface area contributed by atoms with Crippen LogP contribution in [0.2, 0.25) is 0 Å². The molecule has 11 heteroatoms. The average Bonchev–Trinajstić information content (AvgIpc) is 3.26. The first kappa shape index (κ1) is 19.8. The Morgan fingerprint density at radius 3 is 2.74 bits per heavy atom. The van der Waals surface area contributed by atoms with Crippen LogP contribution < -0.4 is 22.3 Å². The lowest BCUT2D eigenvalue weighted by molar-refractivity contribution is 0.652. The summed E-state index contributed by atoms with van der Waals surface area (Å²) in [5.41, 5.74) is 12.9. The highest BCUT2D eigenvalue weighted by molar-refractivity contribution is 5.81. The van der Waals surface area contributed by atoms with Crippen LogP contribution in [-0.4, -0.2) is 29.7 Å². The van der Waals surface area contributed by atoms with Crippen LogP contribution in [0.15, 0.2) is 35.3 Å². The molecule has 0 bridgehead atoms. The van der Waals surface area contributed by atoms with E-state index in [0.29, 0.717) is 29.0 Å². The third kappa shape index (κ3) is 3.40. The van der Waals surface area contributed by atoms with E-state index < -0.39 is 6.04 Å². The molecule has 0 radical (unpaired) electrons. The molecular weight excluding hydrogens is 396 g/mol. The number of aromatic amines is 1. The van der Waals surface area contributed by atoms with Gasteiger partial charge in [0, 0.05) is 6.07 Å². The van der Waals surface area contributed by atoms with E-state index in [4.69, 9.17) is 16.5 Å². The van der Waals surface area contributed by atoms with Crippen molar-refractivity contribution in [1.29, 1.82) is 5.26 Å². The minimum atomic E-state index is -0.499. The van der Waals surface area contributed by atoms with Crippen molar-refractivity contribution >= 4 is 28.5 Å². The van der Waals surface area contributed by atoms with E-state index in [0.717, 1.165) is 5.56 Å². The number of rotatable bonds is 5. The number of aromatic nitrogens is 6. The van der Waals surface area contributed by atoms with E-state index in [1.807, 2.05) is 32.0 Å². The van der Waals surface area contributed by atoms with Crippen LogP contribution in [0.25, 0.3) is 16.7 Å². The maximum absolute atomic E-state index is 13.4. The molecule has 0 amide bonds. The molecule has 0 saturated heterocycles. The zero-order chi connectivity index (χ0) is 22.1. The number of hydrogen-bond acceptors (Lipinski definition) is 9. The predicted octanol–water partition coefficient (Wildman–Crippen LogP) is 1.81. The van der Waals surface area contributed by atoms with Gasteiger partial charge >= 0.3 is 0 Å². The maximum atomic E-state index is 13.4. The van der Waals surface area contributed by atoms with E-state index in [1.54, 1.807) is 18.3 Å². The number of nitrogen functional groups attached to an aromatic ring is 2. The Labute approximate surface area is 176 Å². The summed E-state index contributed by atoms with van der Waals surface area (Å²) in [6, 6.07) is 8.63. The minimum Gasteiger partial charge on any atom is -0.382 e. The van der Waals surface area contributed by atoms with Gasteiger partial charge in [-0.1, -0.05) is 19.1 Å². The number of hydrogen-bond donors (Lipinski definition) is 4. The molecule has 11 nitrogen and oxygen atoms in total. The Kier molecular flexibility index (Phi) is 4.96. The van der Waals surface area contributed by atoms with Crippen LogP contribution in [0.4, 0.5) is 17.6 Å². The first-order valence-corrected chi connectivity index (χ1v) is 9.56. The van der Waals surface area contributed by atoms with Gasteiger partial charge in [-0.05, 0) is 25.0 Å². The van der Waals surface area contributed by atoms with Crippen molar-refractivity contribution in [3.8, 4) is 11.9 Å². The number of nitriles is 1. The lowest BCUT2D eigenvalue weighted by Crippen LogP contribution is -2.29. The van der Waals surface area contributed by atoms with Gasteiger partial charge in [0.05, 0.1) is 23.1 Å². The molecular formula is C20H20N10O. The molecule has 0 aliphatic carbocycles. The topological polar surface area (TPSA) is 177 Å². The predicted molar refractivity (Wildman–Crippen MR) is 116 cm³/mol. The number of H-pyrrole nitrogens is 1. The second-order valence-corrected chi connectivity index (χ2v) is 6.93. The monoisotopic (exact) mass is 416 g/mol. The molecule has 0 aliphatic rings. The third-order valence-electron chi connectivity index (χ3n) is 4.95. The molecule has 4 aromatic rings. The number of benzene rings is 1. The van der Waals surface area contributed by atoms with Crippen molar-refractivity contribution in [2.24, 2.45) is 0 Å². The van der Waals surface area contributed by atoms with Crippen LogP contribution in [-0.2, 0) is 0 Å². The molecule has 6 N–H and O–H groups in total. The second kappa shape index (κ2) is 7.75. The first-order chi connectivity index (χ1) is 14.9. The van der Waals surface area contributed by atoms with Crippen LogP contribution >= 0.6 is 0 Å². The van der Waals surface area contributed by atoms with Gasteiger partial charge in [-0.15, -0.1) is 0 Å². The highest BCUT2D eigenvalue weighted by Gasteiger charge is 2.23. The summed E-state index contributed by atoms with van der Waals surface area (Å²) in [4.78, 5) is 26.2. The molecule has 4 rings (SSSR count). The molecule has 1 unspecified atom stereocenters. The summed E-state index contributed by atoms with van der Waals surface area (Å²) in [7, 11) is 0. The molecule has 0 saturated carbocycles. The fraction of sp³-hybridized carbons (Fsp3) is 0.200. The number of aryl methyl sites for hydroxylation is 1. The average molecular weight is 416 g/mol. The zero-order valence-electron chi connectivity index (χ0n) is 16.9. The summed E-state index contributed by atoms with van der Waals surface area (Å²) < 4.78 is 1.47. The molecule has 1 atom stereocenters. The number of anilines is 3. The van der Waals surface area contributed by atoms with Gasteiger partial charge in [-0.25, -0.2) is 9.55 Å². The largest absolute Gasteiger partial charge is 0.382 e. The highest BCUT2D eigenvalue weighted by Crippen LogP contribution is 2.27. The zero-order valence-corrected chi connectivity index (χ0v) is 16.9. The van der Waals surface area contributed by atoms with Crippen molar-refractivity contribution in [3.63, 3.8) is 0 Å². The number of nitrogens with zero attached hydrogens (tertiary/aromatic N) is 6. The maximum Gasteiger partial charge on any atom is 0.267 e. The van der Waals surface area contributed by atoms with Gasteiger partial charge in [0.15, 0.2) is 5.82 Å². The lowest BCUT2D eigenvalue weighted by Gasteiger charge is -2.22. The van der Waals surface area contributed by atoms with E-state index >= 15 is 0 Å². The van der Waals surface area contributed by atoms with Crippen molar-refractivity contribution in [1.82, 2.24) is 29.7 Å². The second-order valence-electron chi connectivity index (χ2n) is 6.93. The van der Waals surface area contributed by atoms with Crippen LogP contribution in [0.5, 0.6) is 0 Å². The van der Waals surface area contributed by atoms with Crippen LogP contribution in [0.3, 0.4) is 0 Å². The molecule has 0 fully saturated rings. The Morgan fingerprint density at radius 1 is 1.26 bits per heavy atom. The molecule has 156 valence electrons. The van der Waals surface area contributed by atoms with Gasteiger partial charge in [0.1, 0.15) is 29.1 Å². The van der Waals surface area contributed by atoms with Crippen LogP contribution in [0, 0.1) is 18.3 Å². The van der Waals surface area contributed by atoms with Gasteiger partial charge in [-0.2, -0.15) is 20.3 Å². The van der Waals surface area contributed by atoms with E-state index in [1.165, 1.54) is 4.57 Å². The summed E-state index contributed by atoms with van der Waals surface area (Å²) in [5.74, 6) is 0.981.